The number of hydrogen-bond donors (Lipinski definition) is 1. The van der Waals surface area contributed by atoms with Gasteiger partial charge in [-0.2, -0.15) is 0 Å². The Morgan fingerprint density at radius 1 is 0.879 bits per heavy atom. The fraction of sp³-hybridized carbons (Fsp3) is 0.148. The summed E-state index contributed by atoms with van der Waals surface area (Å²) in [7, 11) is 0. The first-order valence-electron chi connectivity index (χ1n) is 10.5. The van der Waals surface area contributed by atoms with Crippen LogP contribution in [0.3, 0.4) is 0 Å². The highest BCUT2D eigenvalue weighted by molar-refractivity contribution is 6.00. The molecule has 6 heteroatoms. The summed E-state index contributed by atoms with van der Waals surface area (Å²) < 4.78 is 11.6. The number of nitrogens with zero attached hydrogens (tertiary/aromatic N) is 1. The Morgan fingerprint density at radius 2 is 1.64 bits per heavy atom. The van der Waals surface area contributed by atoms with Gasteiger partial charge < -0.3 is 15.2 Å². The third kappa shape index (κ3) is 4.85. The Labute approximate surface area is 192 Å². The number of pyridine rings is 1. The quantitative estimate of drug-likeness (QED) is 0.329. The summed E-state index contributed by atoms with van der Waals surface area (Å²) in [5.41, 5.74) is 10.1. The largest absolute Gasteiger partial charge is 0.456 e. The first-order valence-corrected chi connectivity index (χ1v) is 10.5. The molecule has 1 aromatic heterocycles. The normalized spacial score (nSPS) is 10.8. The molecule has 0 fully saturated rings. The monoisotopic (exact) mass is 440 g/mol. The molecule has 2 N–H and O–H groups in total. The summed E-state index contributed by atoms with van der Waals surface area (Å²) in [5, 5.41) is 0.699. The number of hydrogen-bond acceptors (Lipinski definition) is 5. The van der Waals surface area contributed by atoms with Crippen molar-refractivity contribution in [1.29, 1.82) is 0 Å². The number of rotatable bonds is 6. The van der Waals surface area contributed by atoms with Crippen LogP contribution in [0, 0.1) is 20.8 Å². The predicted octanol–water partition coefficient (Wildman–Crippen LogP) is 5.20. The summed E-state index contributed by atoms with van der Waals surface area (Å²) in [6.45, 7) is 5.67. The van der Waals surface area contributed by atoms with E-state index in [-0.39, 0.29) is 12.4 Å². The van der Waals surface area contributed by atoms with Crippen LogP contribution in [0.2, 0.25) is 0 Å². The molecule has 4 rings (SSSR count). The summed E-state index contributed by atoms with van der Waals surface area (Å²) in [6.07, 6.45) is 1.82. The molecule has 1 heterocycles. The van der Waals surface area contributed by atoms with Crippen molar-refractivity contribution in [3.05, 3.63) is 94.7 Å². The van der Waals surface area contributed by atoms with Crippen molar-refractivity contribution < 1.29 is 19.1 Å². The van der Waals surface area contributed by atoms with Crippen molar-refractivity contribution in [2.45, 2.75) is 27.2 Å². The van der Waals surface area contributed by atoms with Gasteiger partial charge in [-0.15, -0.1) is 0 Å². The molecule has 0 bridgehead atoms. The second-order valence-corrected chi connectivity index (χ2v) is 7.97. The minimum atomic E-state index is -0.497. The van der Waals surface area contributed by atoms with Gasteiger partial charge in [-0.1, -0.05) is 24.3 Å². The Morgan fingerprint density at radius 3 is 2.36 bits per heavy atom. The van der Waals surface area contributed by atoms with Crippen LogP contribution in [0.4, 0.5) is 0 Å². The van der Waals surface area contributed by atoms with E-state index in [0.717, 1.165) is 22.3 Å². The van der Waals surface area contributed by atoms with Crippen molar-refractivity contribution in [3.8, 4) is 17.2 Å². The lowest BCUT2D eigenvalue weighted by molar-refractivity contribution is -0.133. The topological polar surface area (TPSA) is 91.5 Å². The van der Waals surface area contributed by atoms with Crippen molar-refractivity contribution in [3.63, 3.8) is 0 Å². The maximum atomic E-state index is 12.4. The van der Waals surface area contributed by atoms with Crippen LogP contribution < -0.4 is 15.2 Å². The van der Waals surface area contributed by atoms with Crippen LogP contribution in [0.15, 0.2) is 66.9 Å². The van der Waals surface area contributed by atoms with Crippen LogP contribution in [-0.4, -0.2) is 16.9 Å². The number of amides is 1. The Hall–Kier alpha value is -4.19. The van der Waals surface area contributed by atoms with Gasteiger partial charge in [0.25, 0.3) is 0 Å². The van der Waals surface area contributed by atoms with Crippen molar-refractivity contribution >= 4 is 22.8 Å². The fourth-order valence-electron chi connectivity index (χ4n) is 3.71. The zero-order valence-corrected chi connectivity index (χ0v) is 18.7. The molecule has 0 spiro atoms. The van der Waals surface area contributed by atoms with Crippen LogP contribution >= 0.6 is 0 Å². The van der Waals surface area contributed by atoms with E-state index >= 15 is 0 Å². The average molecular weight is 440 g/mol. The minimum Gasteiger partial charge on any atom is -0.456 e. The molecule has 3 aromatic carbocycles. The fourth-order valence-corrected chi connectivity index (χ4v) is 3.71. The van der Waals surface area contributed by atoms with E-state index in [1.165, 1.54) is 0 Å². The zero-order valence-electron chi connectivity index (χ0n) is 18.7. The summed E-state index contributed by atoms with van der Waals surface area (Å²) in [6, 6.07) is 18.1. The molecular formula is C27H24N2O4. The minimum absolute atomic E-state index is 0.154. The van der Waals surface area contributed by atoms with Crippen LogP contribution in [0.5, 0.6) is 17.2 Å². The van der Waals surface area contributed by atoms with Crippen LogP contribution in [-0.2, 0) is 11.2 Å². The number of aryl methyl sites for hydroxylation is 3. The second-order valence-electron chi connectivity index (χ2n) is 7.97. The van der Waals surface area contributed by atoms with E-state index in [1.54, 1.807) is 30.5 Å². The highest BCUT2D eigenvalue weighted by Crippen LogP contribution is 2.33. The Balaban J connectivity index is 1.60. The van der Waals surface area contributed by atoms with Gasteiger partial charge in [0.05, 0.1) is 11.9 Å². The Kier molecular flexibility index (Phi) is 6.09. The van der Waals surface area contributed by atoms with E-state index in [0.29, 0.717) is 33.7 Å². The number of benzene rings is 3. The van der Waals surface area contributed by atoms with Gasteiger partial charge >= 0.3 is 5.97 Å². The molecule has 33 heavy (non-hydrogen) atoms. The van der Waals surface area contributed by atoms with Crippen molar-refractivity contribution in [2.24, 2.45) is 5.73 Å². The average Bonchev–Trinajstić information content (AvgIpc) is 2.77. The van der Waals surface area contributed by atoms with Crippen LogP contribution in [0.1, 0.15) is 32.6 Å². The highest BCUT2D eigenvalue weighted by Gasteiger charge is 2.15. The molecule has 6 nitrogen and oxygen atoms in total. The van der Waals surface area contributed by atoms with Gasteiger partial charge in [-0.25, -0.2) is 0 Å². The lowest BCUT2D eigenvalue weighted by Gasteiger charge is -2.15. The number of primary amides is 1. The molecule has 0 unspecified atom stereocenters. The number of carbonyl (C=O) groups excluding carboxylic acids is 2. The van der Waals surface area contributed by atoms with Crippen LogP contribution in [0.25, 0.3) is 10.9 Å². The number of fused-ring (bicyclic) bond motifs is 1. The van der Waals surface area contributed by atoms with Gasteiger partial charge in [0.2, 0.25) is 5.91 Å². The third-order valence-electron chi connectivity index (χ3n) is 5.48. The van der Waals surface area contributed by atoms with Gasteiger partial charge in [0, 0.05) is 17.1 Å². The van der Waals surface area contributed by atoms with E-state index in [2.05, 4.69) is 4.98 Å². The smallest absolute Gasteiger partial charge is 0.315 e. The Bertz CT molecular complexity index is 1360. The number of nitrogens with two attached hydrogens (primary N) is 1. The van der Waals surface area contributed by atoms with E-state index in [9.17, 15) is 9.59 Å². The first kappa shape index (κ1) is 22.0. The van der Waals surface area contributed by atoms with Crippen molar-refractivity contribution in [2.75, 3.05) is 0 Å². The molecule has 0 radical (unpaired) electrons. The maximum Gasteiger partial charge on any atom is 0.315 e. The molecule has 0 aliphatic rings. The molecule has 0 saturated carbocycles. The SMILES string of the molecule is Cc1cc(Oc2ccnc3cc(C)c(C(N)=O)cc23)c(C)cc1CC(=O)Oc1ccccc1. The van der Waals surface area contributed by atoms with Gasteiger partial charge in [-0.05, 0) is 79.4 Å². The van der Waals surface area contributed by atoms with E-state index < -0.39 is 5.91 Å². The zero-order chi connectivity index (χ0) is 23.5. The molecule has 4 aromatic rings. The molecular weight excluding hydrogens is 416 g/mol. The van der Waals surface area contributed by atoms with Crippen molar-refractivity contribution in [1.82, 2.24) is 4.98 Å². The number of aromatic nitrogens is 1. The number of para-hydroxylation sites is 1. The number of carbonyl (C=O) groups is 2. The lowest BCUT2D eigenvalue weighted by Crippen LogP contribution is -2.12. The summed E-state index contributed by atoms with van der Waals surface area (Å²) in [4.78, 5) is 28.6. The van der Waals surface area contributed by atoms with E-state index in [1.807, 2.05) is 57.2 Å². The molecule has 0 aliphatic heterocycles. The molecule has 1 amide bonds. The van der Waals surface area contributed by atoms with Gasteiger partial charge in [0.1, 0.15) is 17.2 Å². The third-order valence-corrected chi connectivity index (χ3v) is 5.48. The number of ether oxygens (including phenoxy) is 2. The molecule has 0 atom stereocenters. The second kappa shape index (κ2) is 9.12. The lowest BCUT2D eigenvalue weighted by atomic mass is 10.0. The predicted molar refractivity (Wildman–Crippen MR) is 127 cm³/mol. The first-order chi connectivity index (χ1) is 15.8. The summed E-state index contributed by atoms with van der Waals surface area (Å²) >= 11 is 0. The molecule has 0 saturated heterocycles. The van der Waals surface area contributed by atoms with Gasteiger partial charge in [-0.3, -0.25) is 14.6 Å². The van der Waals surface area contributed by atoms with E-state index in [4.69, 9.17) is 15.2 Å². The summed E-state index contributed by atoms with van der Waals surface area (Å²) in [5.74, 6) is 0.921. The molecule has 0 aliphatic carbocycles. The number of esters is 1. The maximum absolute atomic E-state index is 12.4. The van der Waals surface area contributed by atoms with Gasteiger partial charge in [0.15, 0.2) is 0 Å². The molecule has 166 valence electrons. The highest BCUT2D eigenvalue weighted by atomic mass is 16.5. The standard InChI is InChI=1S/C27H24N2O4/c1-16-13-25(18(3)11-19(16)14-26(30)32-20-7-5-4-6-8-20)33-24-9-10-29-23-12-17(2)21(27(28)31)15-22(23)24/h4-13,15H,14H2,1-3H3,(H2,28,31).